The van der Waals surface area contributed by atoms with Gasteiger partial charge in [-0.1, -0.05) is 69.6 Å². The minimum atomic E-state index is -0.934. The molecule has 23 heteroatoms. The highest BCUT2D eigenvalue weighted by Crippen LogP contribution is 2.72. The van der Waals surface area contributed by atoms with Crippen LogP contribution in [0.5, 0.6) is 0 Å². The molecule has 1 aromatic rings. The number of carboxylic acids is 1. The van der Waals surface area contributed by atoms with Crippen molar-refractivity contribution in [3.05, 3.63) is 65.1 Å². The Bertz CT molecular complexity index is 2840. The number of aliphatic carboxylic acids is 1. The molecule has 93 heavy (non-hydrogen) atoms. The highest BCUT2D eigenvalue weighted by atomic mass is 32.2. The van der Waals surface area contributed by atoms with Crippen molar-refractivity contribution in [2.24, 2.45) is 39.7 Å². The molecule has 10 rings (SSSR count). The van der Waals surface area contributed by atoms with E-state index < -0.39 is 60.6 Å². The average molecular weight is 1320 g/mol. The molecular weight excluding hydrogens is 1200 g/mol. The first kappa shape index (κ1) is 72.6. The maximum Gasteiger partial charge on any atom is 0.409 e. The zero-order valence-corrected chi connectivity index (χ0v) is 57.6. The minimum Gasteiger partial charge on any atom is -0.481 e. The number of ether oxygens (including phenoxy) is 3. The Kier molecular flexibility index (Phi) is 24.7. The second-order valence-corrected chi connectivity index (χ2v) is 31.6. The fraction of sp³-hybridized carbons (Fsp3) is 0.771. The van der Waals surface area contributed by atoms with E-state index in [1.807, 2.05) is 44.0 Å². The molecule has 0 spiro atoms. The number of likely N-dealkylation sites (tertiary alicyclic amines) is 1. The number of unbranched alkanes of at least 4 members (excludes halogenated alkanes) is 2. The van der Waals surface area contributed by atoms with Crippen molar-refractivity contribution < 1.29 is 58.6 Å². The Morgan fingerprint density at radius 3 is 2.35 bits per heavy atom. The Morgan fingerprint density at radius 2 is 1.70 bits per heavy atom. The molecule has 15 atom stereocenters. The second kappa shape index (κ2) is 31.7. The first-order chi connectivity index (χ1) is 44.3. The number of fused-ring (bicyclic) bond motifs is 1. The van der Waals surface area contributed by atoms with Gasteiger partial charge in [0.1, 0.15) is 42.9 Å². The molecule has 4 amide bonds. The zero-order valence-electron chi connectivity index (χ0n) is 56.8. The third-order valence-electron chi connectivity index (χ3n) is 21.9. The molecule has 2 saturated heterocycles. The van der Waals surface area contributed by atoms with Crippen LogP contribution in [0.15, 0.2) is 53.8 Å². The molecule has 4 bridgehead atoms. The summed E-state index contributed by atoms with van der Waals surface area (Å²) in [6, 6.07) is -1.48. The van der Waals surface area contributed by atoms with Crippen LogP contribution in [0.2, 0.25) is 0 Å². The fourth-order valence-electron chi connectivity index (χ4n) is 18.3. The Morgan fingerprint density at radius 1 is 0.968 bits per heavy atom. The smallest absolute Gasteiger partial charge is 0.409 e. The monoisotopic (exact) mass is 1320 g/mol. The van der Waals surface area contributed by atoms with Crippen LogP contribution < -0.4 is 32.3 Å². The van der Waals surface area contributed by atoms with E-state index in [1.165, 1.54) is 0 Å². The SMILES string of the molecule is C=CCC(c1cnn(CC23CC4(C)CC(C)(C2)CC(OCCN(C)C(=O)OCC2=CC[C@@H](NC(=O)[C@H](C)NC(=O)[C@@H](NC(=O)CCCCCN5[C@H](O)CC[C@@H]5O)C(C)C)CC2)(C4)C3)c1C)C(CC1=C(CCN)C[C@@H](OC)C[C@H]1[C@H](O)N[C@@H]1N[C@@H]2CC=CC[C@@H]2S1)C(=O)O. The van der Waals surface area contributed by atoms with Gasteiger partial charge in [0.25, 0.3) is 0 Å². The molecule has 1 aromatic heterocycles. The summed E-state index contributed by atoms with van der Waals surface area (Å²) in [4.78, 5) is 70.0. The Hall–Kier alpha value is -4.69. The second-order valence-electron chi connectivity index (χ2n) is 30.2. The van der Waals surface area contributed by atoms with Gasteiger partial charge in [0.05, 0.1) is 30.4 Å². The third-order valence-corrected chi connectivity index (χ3v) is 23.3. The van der Waals surface area contributed by atoms with Crippen LogP contribution in [0.4, 0.5) is 4.79 Å². The number of thioether (sulfide) groups is 1. The highest BCUT2D eigenvalue weighted by Gasteiger charge is 2.66. The van der Waals surface area contributed by atoms with Gasteiger partial charge in [0, 0.05) is 75.1 Å². The van der Waals surface area contributed by atoms with E-state index in [9.17, 15) is 44.4 Å². The number of hydrogen-bond acceptors (Lipinski definition) is 17. The van der Waals surface area contributed by atoms with Crippen molar-refractivity contribution >= 4 is 41.5 Å². The predicted octanol–water partition coefficient (Wildman–Crippen LogP) is 7.37. The first-order valence-corrected chi connectivity index (χ1v) is 35.7. The van der Waals surface area contributed by atoms with Gasteiger partial charge >= 0.3 is 12.1 Å². The zero-order chi connectivity index (χ0) is 67.0. The molecule has 520 valence electrons. The van der Waals surface area contributed by atoms with Gasteiger partial charge in [0.2, 0.25) is 17.7 Å². The molecule has 0 aromatic carbocycles. The van der Waals surface area contributed by atoms with Crippen LogP contribution >= 0.6 is 11.8 Å². The number of nitrogens with two attached hydrogens (primary N) is 1. The Balaban J connectivity index is 0.749. The first-order valence-electron chi connectivity index (χ1n) is 34.8. The summed E-state index contributed by atoms with van der Waals surface area (Å²) in [6.07, 6.45) is 22.9. The van der Waals surface area contributed by atoms with Crippen LogP contribution in [0.3, 0.4) is 0 Å². The summed E-state index contributed by atoms with van der Waals surface area (Å²) in [5.74, 6) is -3.74. The summed E-state index contributed by atoms with van der Waals surface area (Å²) < 4.78 is 21.0. The molecule has 7 aliphatic carbocycles. The number of aliphatic hydroxyl groups excluding tert-OH is 3. The van der Waals surface area contributed by atoms with Crippen LogP contribution in [0.1, 0.15) is 193 Å². The third kappa shape index (κ3) is 18.1. The van der Waals surface area contributed by atoms with Gasteiger partial charge < -0.3 is 61.2 Å². The van der Waals surface area contributed by atoms with Crippen LogP contribution in [-0.4, -0.2) is 182 Å². The molecular formula is C70H112N10O12S. The molecule has 6 fully saturated rings. The number of nitrogens with one attached hydrogen (secondary N) is 5. The van der Waals surface area contributed by atoms with E-state index >= 15 is 0 Å². The molecule has 22 nitrogen and oxygen atoms in total. The van der Waals surface area contributed by atoms with E-state index in [-0.39, 0.29) is 82.6 Å². The number of rotatable bonds is 33. The minimum absolute atomic E-state index is 0.0448. The molecule has 4 unspecified atom stereocenters. The van der Waals surface area contributed by atoms with Crippen LogP contribution in [0, 0.1) is 40.9 Å². The normalized spacial score (nSPS) is 32.3. The molecule has 4 saturated carbocycles. The summed E-state index contributed by atoms with van der Waals surface area (Å²) in [7, 11) is 3.44. The molecule has 11 N–H and O–H groups in total. The van der Waals surface area contributed by atoms with Gasteiger partial charge in [-0.3, -0.25) is 39.4 Å². The lowest BCUT2D eigenvalue weighted by molar-refractivity contribution is -0.248. The van der Waals surface area contributed by atoms with E-state index in [4.69, 9.17) is 25.0 Å². The molecule has 2 aliphatic heterocycles. The van der Waals surface area contributed by atoms with Gasteiger partial charge in [0.15, 0.2) is 0 Å². The Labute approximate surface area is 556 Å². The van der Waals surface area contributed by atoms with E-state index in [0.717, 1.165) is 92.2 Å². The predicted molar refractivity (Wildman–Crippen MR) is 358 cm³/mol. The fourth-order valence-corrected chi connectivity index (χ4v) is 19.8. The van der Waals surface area contributed by atoms with Gasteiger partial charge in [-0.2, -0.15) is 5.10 Å². The van der Waals surface area contributed by atoms with Gasteiger partial charge in [-0.25, -0.2) is 4.79 Å². The number of carbonyl (C=O) groups is 5. The van der Waals surface area contributed by atoms with Crippen molar-refractivity contribution in [1.82, 2.24) is 46.2 Å². The molecule has 3 heterocycles. The summed E-state index contributed by atoms with van der Waals surface area (Å²) >= 11 is 1.81. The molecule has 9 aliphatic rings. The van der Waals surface area contributed by atoms with Gasteiger partial charge in [-0.05, 0) is 182 Å². The van der Waals surface area contributed by atoms with Crippen molar-refractivity contribution in [2.75, 3.05) is 47.0 Å². The number of hydrogen-bond donors (Lipinski definition) is 10. The summed E-state index contributed by atoms with van der Waals surface area (Å²) in [5.41, 5.74) is 10.6. The quantitative estimate of drug-likeness (QED) is 0.0187. The number of carbonyl (C=O) groups excluding carboxylic acids is 4. The number of carboxylic acid groups (broad SMARTS) is 1. The molecule has 0 radical (unpaired) electrons. The highest BCUT2D eigenvalue weighted by molar-refractivity contribution is 8.00. The van der Waals surface area contributed by atoms with Gasteiger partial charge in [-0.15, -0.1) is 18.3 Å². The van der Waals surface area contributed by atoms with Crippen LogP contribution in [-0.2, 0) is 39.9 Å². The van der Waals surface area contributed by atoms with E-state index in [1.54, 1.807) is 30.9 Å². The largest absolute Gasteiger partial charge is 0.481 e. The maximum atomic E-state index is 13.8. The van der Waals surface area contributed by atoms with Crippen LogP contribution in [0.25, 0.3) is 0 Å². The van der Waals surface area contributed by atoms with Crippen molar-refractivity contribution in [2.45, 2.75) is 261 Å². The van der Waals surface area contributed by atoms with E-state index in [0.29, 0.717) is 108 Å². The van der Waals surface area contributed by atoms with Crippen molar-refractivity contribution in [1.29, 1.82) is 0 Å². The summed E-state index contributed by atoms with van der Waals surface area (Å²) in [6.45, 7) is 18.8. The van der Waals surface area contributed by atoms with Crippen molar-refractivity contribution in [3.8, 4) is 0 Å². The lowest BCUT2D eigenvalue weighted by atomic mass is 9.39. The number of allylic oxidation sites excluding steroid dienone is 2. The standard InChI is InChI=1S/C70H112N10O12S/c1-10-16-50(53(64(87)88)33-51-47(26-27-71)31-49(90-9)32-52(51)62(85)77-65-75-55-17-13-14-18-56(55)93-65)54-34-72-80(45(54)5)42-69-37-67(6)36-68(7,38-69)40-70(39-67,41-69)92-30-29-78(8)66(89)91-35-46-20-22-48(23-21-46)74-61(84)44(4)73-63(86)60(43(2)3)76-57(81)19-12-11-15-28-79-58(82)24-25-59(79)83/h10,13-14,20,34,43-44,48-50,52-53,55-56,58-60,62,65,75,77,82-83,85H,1,11-12,15-19,21-33,35-42,71H2,2-9H3,(H,73,86)(H,74,84)(H,76,81)(H,87,88)/t44-,48+,49+,50?,52+,53?,55+,56-,58-,59+,60-,62-,65-,67?,68?,69?,70?/m0/s1. The number of methoxy groups -OCH3 is 1. The topological polar surface area (TPSA) is 304 Å². The number of likely N-dealkylation sites (N-methyl/N-ethyl adjacent to an activating group) is 1. The maximum absolute atomic E-state index is 13.8. The number of aliphatic hydroxyl groups is 3. The number of aromatic nitrogens is 2. The lowest BCUT2D eigenvalue weighted by Gasteiger charge is -2.69. The van der Waals surface area contributed by atoms with E-state index in [2.05, 4.69) is 70.8 Å². The number of nitrogens with zero attached hydrogens (tertiary/aromatic N) is 4. The van der Waals surface area contributed by atoms with Crippen molar-refractivity contribution in [3.63, 3.8) is 0 Å². The number of amides is 4. The lowest BCUT2D eigenvalue weighted by Crippen LogP contribution is -2.64. The average Bonchev–Trinajstić information content (AvgIpc) is 0.899. The summed E-state index contributed by atoms with van der Waals surface area (Å²) in [5, 5.41) is 64.9.